The Hall–Kier alpha value is -2.44. The van der Waals surface area contributed by atoms with Crippen LogP contribution in [0.3, 0.4) is 0 Å². The number of nitrogens with zero attached hydrogens (tertiary/aromatic N) is 4. The second kappa shape index (κ2) is 8.50. The molecule has 2 N–H and O–H groups in total. The summed E-state index contributed by atoms with van der Waals surface area (Å²) in [7, 11) is 0. The molecule has 27 heavy (non-hydrogen) atoms. The minimum Gasteiger partial charge on any atom is -0.381 e. The van der Waals surface area contributed by atoms with Crippen LogP contribution < -0.4 is 10.6 Å². The molecule has 0 spiro atoms. The molecule has 142 valence electrons. The van der Waals surface area contributed by atoms with E-state index in [1.807, 2.05) is 6.07 Å². The van der Waals surface area contributed by atoms with Crippen molar-refractivity contribution in [2.45, 2.75) is 12.3 Å². The first kappa shape index (κ1) is 17.9. The van der Waals surface area contributed by atoms with Crippen molar-refractivity contribution in [3.8, 4) is 0 Å². The Kier molecular flexibility index (Phi) is 5.65. The van der Waals surface area contributed by atoms with E-state index in [0.29, 0.717) is 11.9 Å². The quantitative estimate of drug-likeness (QED) is 0.878. The molecule has 2 aliphatic rings. The molecular formula is C21H27N5O. The van der Waals surface area contributed by atoms with Crippen molar-refractivity contribution in [2.75, 3.05) is 56.6 Å². The average molecular weight is 365 g/mol. The summed E-state index contributed by atoms with van der Waals surface area (Å²) in [4.78, 5) is 13.7. The number of rotatable bonds is 5. The third kappa shape index (κ3) is 4.64. The lowest BCUT2D eigenvalue weighted by molar-refractivity contribution is 0.193. The fourth-order valence-electron chi connectivity index (χ4n) is 3.67. The van der Waals surface area contributed by atoms with E-state index >= 15 is 0 Å². The van der Waals surface area contributed by atoms with Gasteiger partial charge in [0, 0.05) is 51.3 Å². The lowest BCUT2D eigenvalue weighted by atomic mass is 10.0. The zero-order valence-corrected chi connectivity index (χ0v) is 15.6. The molecule has 2 aromatic rings. The highest BCUT2D eigenvalue weighted by Crippen LogP contribution is 2.27. The van der Waals surface area contributed by atoms with Gasteiger partial charge in [0.05, 0.1) is 12.3 Å². The van der Waals surface area contributed by atoms with Crippen LogP contribution in [-0.2, 0) is 4.74 Å². The van der Waals surface area contributed by atoms with E-state index in [1.165, 1.54) is 5.56 Å². The largest absolute Gasteiger partial charge is 0.381 e. The molecular weight excluding hydrogens is 338 g/mol. The average Bonchev–Trinajstić information content (AvgIpc) is 3.24. The molecule has 1 atom stereocenters. The number of anilines is 2. The Morgan fingerprint density at radius 2 is 1.93 bits per heavy atom. The van der Waals surface area contributed by atoms with E-state index in [4.69, 9.17) is 10.5 Å². The van der Waals surface area contributed by atoms with Gasteiger partial charge in [-0.2, -0.15) is 4.98 Å². The lowest BCUT2D eigenvalue weighted by Gasteiger charge is -2.35. The van der Waals surface area contributed by atoms with E-state index < -0.39 is 0 Å². The van der Waals surface area contributed by atoms with Crippen LogP contribution >= 0.6 is 0 Å². The number of benzene rings is 1. The van der Waals surface area contributed by atoms with Crippen molar-refractivity contribution in [3.63, 3.8) is 0 Å². The molecule has 4 rings (SSSR count). The number of piperazine rings is 1. The number of hydrogen-bond donors (Lipinski definition) is 1. The van der Waals surface area contributed by atoms with E-state index in [2.05, 4.69) is 62.3 Å². The van der Waals surface area contributed by atoms with Gasteiger partial charge in [-0.05, 0) is 12.0 Å². The first-order valence-corrected chi connectivity index (χ1v) is 9.69. The number of aromatic nitrogens is 2. The molecule has 2 saturated heterocycles. The zero-order valence-electron chi connectivity index (χ0n) is 15.6. The van der Waals surface area contributed by atoms with Crippen LogP contribution in [0.1, 0.15) is 23.6 Å². The van der Waals surface area contributed by atoms with Crippen LogP contribution in [0.2, 0.25) is 0 Å². The molecule has 3 heterocycles. The Bertz CT molecular complexity index is 765. The van der Waals surface area contributed by atoms with Gasteiger partial charge in [0.25, 0.3) is 0 Å². The van der Waals surface area contributed by atoms with E-state index in [1.54, 1.807) is 0 Å². The molecule has 2 aliphatic heterocycles. The SMILES string of the molecule is Nc1nc(C2CCOC2)cc(N2CCN(C/C=C/c3ccccc3)CC2)n1. The lowest BCUT2D eigenvalue weighted by Crippen LogP contribution is -2.46. The Morgan fingerprint density at radius 3 is 2.67 bits per heavy atom. The van der Waals surface area contributed by atoms with Gasteiger partial charge in [-0.25, -0.2) is 4.98 Å². The summed E-state index contributed by atoms with van der Waals surface area (Å²) in [6.45, 7) is 6.46. The number of nitrogen functional groups attached to an aromatic ring is 1. The maximum Gasteiger partial charge on any atom is 0.222 e. The highest BCUT2D eigenvalue weighted by Gasteiger charge is 2.23. The van der Waals surface area contributed by atoms with E-state index in [-0.39, 0.29) is 0 Å². The monoisotopic (exact) mass is 365 g/mol. The summed E-state index contributed by atoms with van der Waals surface area (Å²) in [5, 5.41) is 0. The Labute approximate surface area is 160 Å². The Morgan fingerprint density at radius 1 is 1.11 bits per heavy atom. The summed E-state index contributed by atoms with van der Waals surface area (Å²) < 4.78 is 5.49. The molecule has 6 heteroatoms. The highest BCUT2D eigenvalue weighted by atomic mass is 16.5. The smallest absolute Gasteiger partial charge is 0.222 e. The minimum absolute atomic E-state index is 0.346. The van der Waals surface area contributed by atoms with Gasteiger partial charge in [0.15, 0.2) is 0 Å². The first-order valence-electron chi connectivity index (χ1n) is 9.69. The summed E-state index contributed by atoms with van der Waals surface area (Å²) in [6.07, 6.45) is 5.44. The fraction of sp³-hybridized carbons (Fsp3) is 0.429. The topological polar surface area (TPSA) is 67.5 Å². The first-order chi connectivity index (χ1) is 13.3. The van der Waals surface area contributed by atoms with Crippen LogP contribution in [0.4, 0.5) is 11.8 Å². The molecule has 2 fully saturated rings. The van der Waals surface area contributed by atoms with Crippen molar-refractivity contribution in [2.24, 2.45) is 0 Å². The molecule has 0 radical (unpaired) electrons. The van der Waals surface area contributed by atoms with Crippen LogP contribution in [-0.4, -0.2) is 60.8 Å². The summed E-state index contributed by atoms with van der Waals surface area (Å²) in [5.41, 5.74) is 8.24. The minimum atomic E-state index is 0.346. The van der Waals surface area contributed by atoms with Crippen molar-refractivity contribution in [1.82, 2.24) is 14.9 Å². The molecule has 1 aromatic heterocycles. The van der Waals surface area contributed by atoms with Crippen molar-refractivity contribution >= 4 is 17.8 Å². The maximum absolute atomic E-state index is 5.97. The van der Waals surface area contributed by atoms with E-state index in [0.717, 1.165) is 63.9 Å². The summed E-state index contributed by atoms with van der Waals surface area (Å²) in [5.74, 6) is 1.66. The van der Waals surface area contributed by atoms with Gasteiger partial charge in [0.2, 0.25) is 5.95 Å². The van der Waals surface area contributed by atoms with Crippen molar-refractivity contribution in [1.29, 1.82) is 0 Å². The van der Waals surface area contributed by atoms with Crippen LogP contribution in [0.25, 0.3) is 6.08 Å². The molecule has 6 nitrogen and oxygen atoms in total. The van der Waals surface area contributed by atoms with Crippen LogP contribution in [0.5, 0.6) is 0 Å². The maximum atomic E-state index is 5.97. The summed E-state index contributed by atoms with van der Waals surface area (Å²) in [6, 6.07) is 12.5. The standard InChI is InChI=1S/C21H27N5O/c22-21-23-19(18-8-14-27-16-18)15-20(24-21)26-12-10-25(11-13-26)9-4-7-17-5-2-1-3-6-17/h1-7,15,18H,8-14,16H2,(H2,22,23,24)/b7-4+. The third-order valence-electron chi connectivity index (χ3n) is 5.27. The normalized spacial score (nSPS) is 21.2. The van der Waals surface area contributed by atoms with Gasteiger partial charge >= 0.3 is 0 Å². The van der Waals surface area contributed by atoms with Gasteiger partial charge in [-0.3, -0.25) is 4.90 Å². The van der Waals surface area contributed by atoms with Crippen LogP contribution in [0.15, 0.2) is 42.5 Å². The van der Waals surface area contributed by atoms with Crippen LogP contribution in [0, 0.1) is 0 Å². The molecule has 0 aliphatic carbocycles. The number of hydrogen-bond acceptors (Lipinski definition) is 6. The van der Waals surface area contributed by atoms with Crippen molar-refractivity contribution in [3.05, 3.63) is 53.7 Å². The Balaban J connectivity index is 1.33. The van der Waals surface area contributed by atoms with Gasteiger partial charge < -0.3 is 15.4 Å². The van der Waals surface area contributed by atoms with Gasteiger partial charge in [-0.15, -0.1) is 0 Å². The molecule has 1 aromatic carbocycles. The predicted octanol–water partition coefficient (Wildman–Crippen LogP) is 2.40. The second-order valence-electron chi connectivity index (χ2n) is 7.17. The molecule has 1 unspecified atom stereocenters. The fourth-order valence-corrected chi connectivity index (χ4v) is 3.67. The number of nitrogens with two attached hydrogens (primary N) is 1. The summed E-state index contributed by atoms with van der Waals surface area (Å²) >= 11 is 0. The zero-order chi connectivity index (χ0) is 18.5. The highest BCUT2D eigenvalue weighted by molar-refractivity contribution is 5.49. The number of ether oxygens (including phenoxy) is 1. The second-order valence-corrected chi connectivity index (χ2v) is 7.17. The molecule has 0 amide bonds. The van der Waals surface area contributed by atoms with Gasteiger partial charge in [-0.1, -0.05) is 42.5 Å². The molecule has 0 bridgehead atoms. The van der Waals surface area contributed by atoms with E-state index in [9.17, 15) is 0 Å². The van der Waals surface area contributed by atoms with Crippen molar-refractivity contribution < 1.29 is 4.74 Å². The predicted molar refractivity (Wildman–Crippen MR) is 109 cm³/mol. The van der Waals surface area contributed by atoms with Gasteiger partial charge in [0.1, 0.15) is 5.82 Å². The third-order valence-corrected chi connectivity index (χ3v) is 5.27. The molecule has 0 saturated carbocycles.